The van der Waals surface area contributed by atoms with Crippen molar-refractivity contribution in [2.75, 3.05) is 52.9 Å². The molecule has 9 heteroatoms. The zero-order chi connectivity index (χ0) is 33.1. The number of ketones is 1. The summed E-state index contributed by atoms with van der Waals surface area (Å²) < 4.78 is 40.3. The standard InChI is InChI=1S/C39H38O9/c1-27-6-15-37-33(24-27)35(41)26-39(48-37)29-9-13-31(14-10-29)46-23-21-44-19-17-42-16-18-43-20-22-45-30-11-7-28(8-12-30)38-25-34(40)32-4-2-3-5-36(32)47-38/h2-15,24-25,39H,16-23,26H2,1H3. The molecule has 5 aromatic rings. The molecule has 0 N–H and O–H groups in total. The molecule has 4 aromatic carbocycles. The molecule has 0 aliphatic carbocycles. The molecule has 2 heterocycles. The van der Waals surface area contributed by atoms with Crippen LogP contribution >= 0.6 is 0 Å². The molecule has 0 spiro atoms. The molecule has 6 rings (SSSR count). The quantitative estimate of drug-likeness (QED) is 0.105. The Morgan fingerprint density at radius 1 is 0.667 bits per heavy atom. The Hall–Kier alpha value is -4.96. The Labute approximate surface area is 278 Å². The zero-order valence-corrected chi connectivity index (χ0v) is 26.9. The van der Waals surface area contributed by atoms with Crippen LogP contribution in [-0.4, -0.2) is 58.6 Å². The van der Waals surface area contributed by atoms with Gasteiger partial charge in [0.25, 0.3) is 0 Å². The van der Waals surface area contributed by atoms with Crippen LogP contribution in [0.2, 0.25) is 0 Å². The van der Waals surface area contributed by atoms with Crippen molar-refractivity contribution in [3.63, 3.8) is 0 Å². The third-order valence-electron chi connectivity index (χ3n) is 7.84. The largest absolute Gasteiger partial charge is 0.491 e. The normalized spacial score (nSPS) is 14.0. The van der Waals surface area contributed by atoms with E-state index in [1.54, 1.807) is 12.1 Å². The molecule has 0 fully saturated rings. The number of benzene rings is 4. The molecule has 0 radical (unpaired) electrons. The van der Waals surface area contributed by atoms with E-state index >= 15 is 0 Å². The molecule has 1 aliphatic heterocycles. The van der Waals surface area contributed by atoms with Gasteiger partial charge in [-0.1, -0.05) is 35.9 Å². The number of carbonyl (C=O) groups is 1. The van der Waals surface area contributed by atoms with Gasteiger partial charge in [0.05, 0.1) is 57.0 Å². The third-order valence-corrected chi connectivity index (χ3v) is 7.84. The van der Waals surface area contributed by atoms with Crippen LogP contribution in [0.3, 0.4) is 0 Å². The predicted molar refractivity (Wildman–Crippen MR) is 181 cm³/mol. The second-order valence-electron chi connectivity index (χ2n) is 11.3. The Bertz CT molecular complexity index is 1860. The predicted octanol–water partition coefficient (Wildman–Crippen LogP) is 6.98. The highest BCUT2D eigenvalue weighted by atomic mass is 16.6. The van der Waals surface area contributed by atoms with Gasteiger partial charge in [-0.15, -0.1) is 0 Å². The van der Waals surface area contributed by atoms with Crippen molar-refractivity contribution in [2.24, 2.45) is 0 Å². The highest BCUT2D eigenvalue weighted by Crippen LogP contribution is 2.35. The second-order valence-corrected chi connectivity index (χ2v) is 11.3. The van der Waals surface area contributed by atoms with Crippen LogP contribution in [-0.2, 0) is 14.2 Å². The first kappa shape index (κ1) is 33.0. The van der Waals surface area contributed by atoms with Crippen LogP contribution in [0, 0.1) is 6.92 Å². The van der Waals surface area contributed by atoms with E-state index in [9.17, 15) is 9.59 Å². The summed E-state index contributed by atoms with van der Waals surface area (Å²) in [6, 6.07) is 29.4. The minimum Gasteiger partial charge on any atom is -0.491 e. The first-order valence-corrected chi connectivity index (χ1v) is 16.1. The van der Waals surface area contributed by atoms with Gasteiger partial charge >= 0.3 is 0 Å². The fraction of sp³-hybridized carbons (Fsp3) is 0.282. The number of aryl methyl sites for hydroxylation is 1. The minimum atomic E-state index is -0.303. The van der Waals surface area contributed by atoms with Crippen LogP contribution in [0.1, 0.15) is 34.0 Å². The molecule has 0 saturated heterocycles. The van der Waals surface area contributed by atoms with Gasteiger partial charge in [-0.3, -0.25) is 9.59 Å². The zero-order valence-electron chi connectivity index (χ0n) is 26.9. The van der Waals surface area contributed by atoms with Crippen molar-refractivity contribution in [3.8, 4) is 28.6 Å². The molecule has 1 atom stereocenters. The van der Waals surface area contributed by atoms with E-state index in [2.05, 4.69) is 0 Å². The molecule has 0 bridgehead atoms. The maximum absolute atomic E-state index is 12.6. The summed E-state index contributed by atoms with van der Waals surface area (Å²) in [6.45, 7) is 5.48. The molecule has 0 saturated carbocycles. The van der Waals surface area contributed by atoms with Crippen LogP contribution in [0.5, 0.6) is 17.2 Å². The van der Waals surface area contributed by atoms with Crippen molar-refractivity contribution in [1.82, 2.24) is 0 Å². The smallest absolute Gasteiger partial charge is 0.193 e. The number of hydrogen-bond acceptors (Lipinski definition) is 9. The lowest BCUT2D eigenvalue weighted by atomic mass is 9.95. The van der Waals surface area contributed by atoms with Crippen molar-refractivity contribution in [1.29, 1.82) is 0 Å². The van der Waals surface area contributed by atoms with E-state index in [1.807, 2.05) is 85.8 Å². The average Bonchev–Trinajstić information content (AvgIpc) is 3.11. The fourth-order valence-electron chi connectivity index (χ4n) is 5.34. The third kappa shape index (κ3) is 8.68. The lowest BCUT2D eigenvalue weighted by Gasteiger charge is -2.26. The number of hydrogen-bond donors (Lipinski definition) is 0. The van der Waals surface area contributed by atoms with Gasteiger partial charge in [-0.2, -0.15) is 0 Å². The number of para-hydroxylation sites is 1. The van der Waals surface area contributed by atoms with Crippen LogP contribution < -0.4 is 19.6 Å². The van der Waals surface area contributed by atoms with Gasteiger partial charge in [0.1, 0.15) is 47.9 Å². The van der Waals surface area contributed by atoms with Gasteiger partial charge in [0.2, 0.25) is 0 Å². The fourth-order valence-corrected chi connectivity index (χ4v) is 5.34. The number of rotatable bonds is 16. The van der Waals surface area contributed by atoms with E-state index in [4.69, 9.17) is 32.8 Å². The Morgan fingerprint density at radius 2 is 1.27 bits per heavy atom. The van der Waals surface area contributed by atoms with Gasteiger partial charge in [-0.25, -0.2) is 0 Å². The highest BCUT2D eigenvalue weighted by Gasteiger charge is 2.27. The maximum atomic E-state index is 12.6. The summed E-state index contributed by atoms with van der Waals surface area (Å²) in [5.41, 5.74) is 3.93. The Morgan fingerprint density at radius 3 is 1.94 bits per heavy atom. The molecule has 48 heavy (non-hydrogen) atoms. The first-order chi connectivity index (χ1) is 23.5. The molecule has 1 aromatic heterocycles. The summed E-state index contributed by atoms with van der Waals surface area (Å²) >= 11 is 0. The van der Waals surface area contributed by atoms with Gasteiger partial charge in [-0.05, 0) is 73.2 Å². The Balaban J connectivity index is 0.781. The molecule has 248 valence electrons. The number of ether oxygens (including phenoxy) is 6. The molecular weight excluding hydrogens is 612 g/mol. The topological polar surface area (TPSA) is 103 Å². The molecule has 9 nitrogen and oxygen atoms in total. The van der Waals surface area contributed by atoms with Crippen molar-refractivity contribution in [2.45, 2.75) is 19.4 Å². The van der Waals surface area contributed by atoms with Crippen LogP contribution in [0.4, 0.5) is 0 Å². The van der Waals surface area contributed by atoms with Crippen LogP contribution in [0.15, 0.2) is 106 Å². The average molecular weight is 651 g/mol. The summed E-state index contributed by atoms with van der Waals surface area (Å²) in [6.07, 6.45) is 0.0176. The highest BCUT2D eigenvalue weighted by molar-refractivity contribution is 6.00. The summed E-state index contributed by atoms with van der Waals surface area (Å²) in [5.74, 6) is 2.68. The first-order valence-electron chi connectivity index (χ1n) is 16.1. The van der Waals surface area contributed by atoms with Gasteiger partial charge < -0.3 is 32.8 Å². The van der Waals surface area contributed by atoms with Crippen molar-refractivity contribution >= 4 is 16.8 Å². The lowest BCUT2D eigenvalue weighted by Crippen LogP contribution is -2.20. The maximum Gasteiger partial charge on any atom is 0.193 e. The summed E-state index contributed by atoms with van der Waals surface area (Å²) in [5, 5.41) is 0.565. The van der Waals surface area contributed by atoms with Gasteiger partial charge in [0.15, 0.2) is 11.2 Å². The van der Waals surface area contributed by atoms with Crippen molar-refractivity contribution < 1.29 is 37.6 Å². The summed E-state index contributed by atoms with van der Waals surface area (Å²) in [7, 11) is 0. The molecule has 1 aliphatic rings. The summed E-state index contributed by atoms with van der Waals surface area (Å²) in [4.78, 5) is 25.0. The monoisotopic (exact) mass is 650 g/mol. The van der Waals surface area contributed by atoms with E-state index in [1.165, 1.54) is 6.07 Å². The Kier molecular flexibility index (Phi) is 11.1. The molecule has 1 unspecified atom stereocenters. The SMILES string of the molecule is Cc1ccc2c(c1)C(=O)CC(c1ccc(OCCOCCOCCOCCOc3ccc(-c4cc(=O)c5ccccc5o4)cc3)cc1)O2. The second kappa shape index (κ2) is 16.2. The molecular formula is C39H38O9. The molecule has 0 amide bonds. The van der Waals surface area contributed by atoms with Crippen LogP contribution in [0.25, 0.3) is 22.3 Å². The minimum absolute atomic E-state index is 0.0706. The van der Waals surface area contributed by atoms with Crippen molar-refractivity contribution in [3.05, 3.63) is 124 Å². The van der Waals surface area contributed by atoms with E-state index in [0.717, 1.165) is 22.4 Å². The van der Waals surface area contributed by atoms with E-state index in [-0.39, 0.29) is 17.3 Å². The van der Waals surface area contributed by atoms with E-state index in [0.29, 0.717) is 93.1 Å². The lowest BCUT2D eigenvalue weighted by molar-refractivity contribution is 0.00499. The van der Waals surface area contributed by atoms with E-state index < -0.39 is 0 Å². The number of carbonyl (C=O) groups excluding carboxylic acids is 1. The van der Waals surface area contributed by atoms with Gasteiger partial charge in [0, 0.05) is 11.6 Å². The number of fused-ring (bicyclic) bond motifs is 2. The number of Topliss-reactive ketones (excluding diaryl/α,β-unsaturated/α-hetero) is 1.